The molecule has 0 aromatic carbocycles. The van der Waals surface area contributed by atoms with Crippen molar-refractivity contribution in [1.82, 2.24) is 0 Å². The molecule has 18 heavy (non-hydrogen) atoms. The van der Waals surface area contributed by atoms with E-state index in [-0.39, 0.29) is 5.41 Å². The Bertz CT molecular complexity index is 271. The maximum atomic E-state index is 6.22. The van der Waals surface area contributed by atoms with Gasteiger partial charge in [-0.2, -0.15) is 0 Å². The molecular weight excluding hydrogens is 220 g/mol. The molecule has 1 saturated heterocycles. The molecule has 0 bridgehead atoms. The second-order valence-electron chi connectivity index (χ2n) is 9.54. The molecule has 1 heteroatoms. The molecule has 0 amide bonds. The van der Waals surface area contributed by atoms with E-state index in [1.165, 1.54) is 6.42 Å². The van der Waals surface area contributed by atoms with Crippen LogP contribution >= 0.6 is 0 Å². The Morgan fingerprint density at radius 1 is 0.833 bits per heavy atom. The first kappa shape index (κ1) is 16.0. The minimum absolute atomic E-state index is 0.241. The Morgan fingerprint density at radius 2 is 1.33 bits per heavy atom. The van der Waals surface area contributed by atoms with Gasteiger partial charge in [0.25, 0.3) is 0 Å². The highest BCUT2D eigenvalue weighted by atomic mass is 16.5. The van der Waals surface area contributed by atoms with E-state index in [9.17, 15) is 0 Å². The summed E-state index contributed by atoms with van der Waals surface area (Å²) in [5, 5.41) is 0. The van der Waals surface area contributed by atoms with Gasteiger partial charge in [0.1, 0.15) is 0 Å². The maximum absolute atomic E-state index is 6.22. The van der Waals surface area contributed by atoms with Crippen molar-refractivity contribution in [1.29, 1.82) is 0 Å². The molecule has 0 N–H and O–H groups in total. The Kier molecular flexibility index (Phi) is 4.28. The summed E-state index contributed by atoms with van der Waals surface area (Å²) >= 11 is 0. The van der Waals surface area contributed by atoms with E-state index >= 15 is 0 Å². The molecule has 0 saturated carbocycles. The molecule has 1 rings (SSSR count). The van der Waals surface area contributed by atoms with Crippen LogP contribution in [0.25, 0.3) is 0 Å². The Balaban J connectivity index is 2.95. The highest BCUT2D eigenvalue weighted by Gasteiger charge is 2.49. The van der Waals surface area contributed by atoms with Crippen molar-refractivity contribution in [3.05, 3.63) is 0 Å². The van der Waals surface area contributed by atoms with Crippen LogP contribution < -0.4 is 0 Å². The first-order valence-electron chi connectivity index (χ1n) is 7.44. The van der Waals surface area contributed by atoms with E-state index in [2.05, 4.69) is 62.3 Å². The minimum atomic E-state index is 0.241. The quantitative estimate of drug-likeness (QED) is 0.629. The van der Waals surface area contributed by atoms with Crippen LogP contribution in [-0.4, -0.2) is 12.7 Å². The lowest BCUT2D eigenvalue weighted by atomic mass is 9.64. The second kappa shape index (κ2) is 4.81. The summed E-state index contributed by atoms with van der Waals surface area (Å²) in [4.78, 5) is 0. The Labute approximate surface area is 115 Å². The molecule has 0 aromatic heterocycles. The van der Waals surface area contributed by atoms with Gasteiger partial charge in [-0.1, -0.05) is 62.3 Å². The van der Waals surface area contributed by atoms with Gasteiger partial charge in [0.2, 0.25) is 0 Å². The number of rotatable bonds is 1. The molecule has 0 radical (unpaired) electrons. The summed E-state index contributed by atoms with van der Waals surface area (Å²) in [6, 6.07) is 0. The zero-order valence-corrected chi connectivity index (χ0v) is 14.1. The third-order valence-corrected chi connectivity index (χ3v) is 4.05. The van der Waals surface area contributed by atoms with Crippen molar-refractivity contribution in [2.45, 2.75) is 74.8 Å². The average Bonchev–Trinajstić information content (AvgIpc) is 2.41. The fourth-order valence-electron chi connectivity index (χ4n) is 3.60. The molecule has 1 nitrogen and oxygen atoms in total. The van der Waals surface area contributed by atoms with E-state index in [0.29, 0.717) is 28.8 Å². The van der Waals surface area contributed by atoms with Crippen LogP contribution in [0.5, 0.6) is 0 Å². The van der Waals surface area contributed by atoms with Crippen molar-refractivity contribution in [3.63, 3.8) is 0 Å². The first-order valence-corrected chi connectivity index (χ1v) is 7.44. The lowest BCUT2D eigenvalue weighted by Gasteiger charge is -2.41. The van der Waals surface area contributed by atoms with E-state index in [1.807, 2.05) is 0 Å². The molecule has 108 valence electrons. The van der Waals surface area contributed by atoms with Crippen LogP contribution in [0, 0.1) is 28.1 Å². The smallest absolute Gasteiger partial charge is 0.0660 e. The lowest BCUT2D eigenvalue weighted by molar-refractivity contribution is -0.0197. The number of hydrogen-bond acceptors (Lipinski definition) is 1. The largest absolute Gasteiger partial charge is 0.377 e. The zero-order chi connectivity index (χ0) is 14.4. The van der Waals surface area contributed by atoms with Gasteiger partial charge < -0.3 is 4.74 Å². The molecule has 1 heterocycles. The summed E-state index contributed by atoms with van der Waals surface area (Å²) in [5.74, 6) is 1.37. The molecule has 0 aliphatic carbocycles. The second-order valence-corrected chi connectivity index (χ2v) is 9.54. The summed E-state index contributed by atoms with van der Waals surface area (Å²) in [7, 11) is 0. The highest BCUT2D eigenvalue weighted by molar-refractivity contribution is 4.96. The standard InChI is InChI=1S/C17H34O/c1-15(2,3)10-12-11-18-14(17(7,8)9)13(12)16(4,5)6/h12-14H,10-11H2,1-9H3/t12?,13-,14+/m0/s1. The molecule has 1 aliphatic heterocycles. The fourth-order valence-corrected chi connectivity index (χ4v) is 3.60. The van der Waals surface area contributed by atoms with E-state index in [4.69, 9.17) is 4.74 Å². The van der Waals surface area contributed by atoms with Gasteiger partial charge in [0.15, 0.2) is 0 Å². The van der Waals surface area contributed by atoms with Gasteiger partial charge in [-0.3, -0.25) is 0 Å². The van der Waals surface area contributed by atoms with Crippen molar-refractivity contribution >= 4 is 0 Å². The van der Waals surface area contributed by atoms with Crippen LogP contribution in [0.3, 0.4) is 0 Å². The molecule has 3 atom stereocenters. The van der Waals surface area contributed by atoms with Crippen LogP contribution in [0.1, 0.15) is 68.7 Å². The molecular formula is C17H34O. The normalized spacial score (nSPS) is 30.8. The van der Waals surface area contributed by atoms with Gasteiger partial charge >= 0.3 is 0 Å². The van der Waals surface area contributed by atoms with Crippen LogP contribution in [0.4, 0.5) is 0 Å². The molecule has 1 fully saturated rings. The predicted octanol–water partition coefficient (Wildman–Crippen LogP) is 5.15. The molecule has 0 spiro atoms. The highest BCUT2D eigenvalue weighted by Crippen LogP contribution is 2.49. The summed E-state index contributed by atoms with van der Waals surface area (Å²) in [6.07, 6.45) is 1.66. The van der Waals surface area contributed by atoms with E-state index < -0.39 is 0 Å². The number of ether oxygens (including phenoxy) is 1. The average molecular weight is 254 g/mol. The summed E-state index contributed by atoms with van der Waals surface area (Å²) in [5.41, 5.74) is 0.958. The first-order chi connectivity index (χ1) is 7.82. The fraction of sp³-hybridized carbons (Fsp3) is 1.00. The van der Waals surface area contributed by atoms with Gasteiger partial charge in [0, 0.05) is 0 Å². The van der Waals surface area contributed by atoms with Crippen LogP contribution in [0.2, 0.25) is 0 Å². The molecule has 1 unspecified atom stereocenters. The van der Waals surface area contributed by atoms with Crippen LogP contribution in [-0.2, 0) is 4.74 Å². The SMILES string of the molecule is CC(C)(C)CC1CO[C@@H](C(C)(C)C)[C@H]1C(C)(C)C. The van der Waals surface area contributed by atoms with Crippen LogP contribution in [0.15, 0.2) is 0 Å². The third kappa shape index (κ3) is 3.98. The topological polar surface area (TPSA) is 9.23 Å². The minimum Gasteiger partial charge on any atom is -0.377 e. The predicted molar refractivity (Wildman–Crippen MR) is 79.7 cm³/mol. The Morgan fingerprint density at radius 3 is 1.67 bits per heavy atom. The van der Waals surface area contributed by atoms with Gasteiger partial charge in [-0.05, 0) is 34.5 Å². The van der Waals surface area contributed by atoms with Crippen molar-refractivity contribution in [2.75, 3.05) is 6.61 Å². The Hall–Kier alpha value is -0.0400. The lowest BCUT2D eigenvalue weighted by Crippen LogP contribution is -2.41. The van der Waals surface area contributed by atoms with Crippen molar-refractivity contribution in [2.24, 2.45) is 28.1 Å². The zero-order valence-electron chi connectivity index (χ0n) is 14.1. The van der Waals surface area contributed by atoms with Gasteiger partial charge in [-0.25, -0.2) is 0 Å². The van der Waals surface area contributed by atoms with Crippen molar-refractivity contribution in [3.8, 4) is 0 Å². The third-order valence-electron chi connectivity index (χ3n) is 4.05. The number of hydrogen-bond donors (Lipinski definition) is 0. The van der Waals surface area contributed by atoms with E-state index in [0.717, 1.165) is 6.61 Å². The summed E-state index contributed by atoms with van der Waals surface area (Å²) in [6.45, 7) is 22.1. The van der Waals surface area contributed by atoms with Gasteiger partial charge in [0.05, 0.1) is 12.7 Å². The molecule has 1 aliphatic rings. The summed E-state index contributed by atoms with van der Waals surface area (Å²) < 4.78 is 6.22. The van der Waals surface area contributed by atoms with Crippen molar-refractivity contribution < 1.29 is 4.74 Å². The van der Waals surface area contributed by atoms with E-state index in [1.54, 1.807) is 0 Å². The monoisotopic (exact) mass is 254 g/mol. The van der Waals surface area contributed by atoms with Gasteiger partial charge in [-0.15, -0.1) is 0 Å². The molecule has 0 aromatic rings. The maximum Gasteiger partial charge on any atom is 0.0660 e.